The minimum Gasteiger partial charge on any atom is -0.475 e. The molecule has 2 heterocycles. The molecule has 6 heteroatoms. The molecule has 0 radical (unpaired) electrons. The number of nitrogens with one attached hydrogen (secondary N) is 1. The van der Waals surface area contributed by atoms with Gasteiger partial charge in [-0.3, -0.25) is 0 Å². The average molecular weight is 280 g/mol. The van der Waals surface area contributed by atoms with Crippen LogP contribution in [0.1, 0.15) is 49.4 Å². The van der Waals surface area contributed by atoms with Gasteiger partial charge in [-0.05, 0) is 45.2 Å². The number of carbonyl (C=O) groups is 2. The number of piperidine rings is 1. The van der Waals surface area contributed by atoms with Crippen LogP contribution in [0.25, 0.3) is 0 Å². The minimum atomic E-state index is -1.11. The van der Waals surface area contributed by atoms with Gasteiger partial charge in [-0.2, -0.15) is 0 Å². The number of hydrogen-bond donors (Lipinski definition) is 2. The number of carbonyl (C=O) groups excluding carboxylic acids is 1. The highest BCUT2D eigenvalue weighted by Gasteiger charge is 2.28. The third-order valence-electron chi connectivity index (χ3n) is 3.71. The maximum Gasteiger partial charge on any atom is 0.371 e. The van der Waals surface area contributed by atoms with Crippen molar-refractivity contribution in [2.24, 2.45) is 0 Å². The van der Waals surface area contributed by atoms with E-state index in [4.69, 9.17) is 9.52 Å². The van der Waals surface area contributed by atoms with E-state index >= 15 is 0 Å². The number of urea groups is 1. The molecule has 1 aromatic rings. The standard InChI is InChI=1S/C14H20N2O4/c1-9-4-3-5-10(2)16(9)14(19)15-8-11-6-7-12(20-11)13(17)18/h6-7,9-10H,3-5,8H2,1-2H3,(H,15,19)(H,17,18)/t9-,10+. The van der Waals surface area contributed by atoms with E-state index < -0.39 is 5.97 Å². The molecule has 1 saturated heterocycles. The molecule has 20 heavy (non-hydrogen) atoms. The van der Waals surface area contributed by atoms with Crippen LogP contribution in [0.2, 0.25) is 0 Å². The lowest BCUT2D eigenvalue weighted by molar-refractivity contribution is 0.0660. The highest BCUT2D eigenvalue weighted by molar-refractivity contribution is 5.84. The zero-order valence-corrected chi connectivity index (χ0v) is 11.8. The molecule has 1 aliphatic heterocycles. The predicted molar refractivity (Wildman–Crippen MR) is 72.5 cm³/mol. The number of hydrogen-bond acceptors (Lipinski definition) is 3. The van der Waals surface area contributed by atoms with Crippen LogP contribution >= 0.6 is 0 Å². The molecule has 6 nitrogen and oxygen atoms in total. The van der Waals surface area contributed by atoms with Gasteiger partial charge >= 0.3 is 12.0 Å². The summed E-state index contributed by atoms with van der Waals surface area (Å²) in [7, 11) is 0. The molecule has 1 fully saturated rings. The number of carboxylic acids is 1. The first-order chi connectivity index (χ1) is 9.49. The van der Waals surface area contributed by atoms with Crippen molar-refractivity contribution in [2.75, 3.05) is 0 Å². The molecule has 110 valence electrons. The third-order valence-corrected chi connectivity index (χ3v) is 3.71. The smallest absolute Gasteiger partial charge is 0.371 e. The second kappa shape index (κ2) is 5.98. The minimum absolute atomic E-state index is 0.117. The van der Waals surface area contributed by atoms with Crippen LogP contribution in [0.3, 0.4) is 0 Å². The lowest BCUT2D eigenvalue weighted by atomic mass is 9.98. The number of amides is 2. The molecule has 0 aliphatic carbocycles. The van der Waals surface area contributed by atoms with Gasteiger partial charge in [0.25, 0.3) is 0 Å². The highest BCUT2D eigenvalue weighted by Crippen LogP contribution is 2.22. The predicted octanol–water partition coefficient (Wildman–Crippen LogP) is 2.45. The summed E-state index contributed by atoms with van der Waals surface area (Å²) in [6, 6.07) is 3.27. The molecule has 0 bridgehead atoms. The molecule has 2 N–H and O–H groups in total. The molecule has 1 aromatic heterocycles. The van der Waals surface area contributed by atoms with Gasteiger partial charge in [0.1, 0.15) is 5.76 Å². The second-order valence-corrected chi connectivity index (χ2v) is 5.27. The van der Waals surface area contributed by atoms with E-state index in [0.29, 0.717) is 5.76 Å². The number of carboxylic acid groups (broad SMARTS) is 1. The van der Waals surface area contributed by atoms with Crippen molar-refractivity contribution in [1.82, 2.24) is 10.2 Å². The summed E-state index contributed by atoms with van der Waals surface area (Å²) in [6.07, 6.45) is 3.18. The number of aromatic carboxylic acids is 1. The van der Waals surface area contributed by atoms with Crippen molar-refractivity contribution in [3.05, 3.63) is 23.7 Å². The van der Waals surface area contributed by atoms with Crippen molar-refractivity contribution in [2.45, 2.75) is 51.7 Å². The van der Waals surface area contributed by atoms with E-state index in [2.05, 4.69) is 5.32 Å². The molecular formula is C14H20N2O4. The van der Waals surface area contributed by atoms with Crippen molar-refractivity contribution in [1.29, 1.82) is 0 Å². The summed E-state index contributed by atoms with van der Waals surface area (Å²) in [4.78, 5) is 24.7. The molecule has 2 rings (SSSR count). The zero-order chi connectivity index (χ0) is 14.7. The Bertz CT molecular complexity index is 487. The molecule has 2 amide bonds. The van der Waals surface area contributed by atoms with Crippen LogP contribution in [-0.4, -0.2) is 34.1 Å². The topological polar surface area (TPSA) is 82.8 Å². The van der Waals surface area contributed by atoms with Crippen molar-refractivity contribution in [3.63, 3.8) is 0 Å². The van der Waals surface area contributed by atoms with Crippen LogP contribution in [-0.2, 0) is 6.54 Å². The third kappa shape index (κ3) is 3.12. The van der Waals surface area contributed by atoms with Gasteiger partial charge in [0.2, 0.25) is 5.76 Å². The fraction of sp³-hybridized carbons (Fsp3) is 0.571. The number of furan rings is 1. The van der Waals surface area contributed by atoms with Gasteiger partial charge in [-0.15, -0.1) is 0 Å². The summed E-state index contributed by atoms with van der Waals surface area (Å²) in [6.45, 7) is 4.29. The molecule has 0 saturated carbocycles. The molecule has 0 aromatic carbocycles. The molecular weight excluding hydrogens is 260 g/mol. The SMILES string of the molecule is C[C@@H]1CCC[C@H](C)N1C(=O)NCc1ccc(C(=O)O)o1. The Morgan fingerprint density at radius 2 is 2.00 bits per heavy atom. The first-order valence-electron chi connectivity index (χ1n) is 6.87. The lowest BCUT2D eigenvalue weighted by Crippen LogP contribution is -2.51. The normalized spacial score (nSPS) is 22.6. The molecule has 2 atom stereocenters. The van der Waals surface area contributed by atoms with Crippen LogP contribution < -0.4 is 5.32 Å². The Morgan fingerprint density at radius 1 is 1.35 bits per heavy atom. The van der Waals surface area contributed by atoms with Gasteiger partial charge in [-0.1, -0.05) is 0 Å². The van der Waals surface area contributed by atoms with Gasteiger partial charge < -0.3 is 19.7 Å². The maximum absolute atomic E-state index is 12.2. The van der Waals surface area contributed by atoms with E-state index in [-0.39, 0.29) is 30.4 Å². The summed E-state index contributed by atoms with van der Waals surface area (Å²) < 4.78 is 5.10. The first-order valence-corrected chi connectivity index (χ1v) is 6.87. The van der Waals surface area contributed by atoms with Crippen LogP contribution in [0.4, 0.5) is 4.79 Å². The van der Waals surface area contributed by atoms with E-state index in [1.165, 1.54) is 6.07 Å². The lowest BCUT2D eigenvalue weighted by Gasteiger charge is -2.38. The second-order valence-electron chi connectivity index (χ2n) is 5.27. The highest BCUT2D eigenvalue weighted by atomic mass is 16.4. The van der Waals surface area contributed by atoms with Gasteiger partial charge in [-0.25, -0.2) is 9.59 Å². The zero-order valence-electron chi connectivity index (χ0n) is 11.8. The summed E-state index contributed by atoms with van der Waals surface area (Å²) in [5.41, 5.74) is 0. The Morgan fingerprint density at radius 3 is 2.55 bits per heavy atom. The molecule has 0 unspecified atom stereocenters. The maximum atomic E-state index is 12.2. The number of rotatable bonds is 3. The first kappa shape index (κ1) is 14.4. The Balaban J connectivity index is 1.92. The molecule has 0 spiro atoms. The molecule has 1 aliphatic rings. The fourth-order valence-electron chi connectivity index (χ4n) is 2.66. The quantitative estimate of drug-likeness (QED) is 0.891. The summed E-state index contributed by atoms with van der Waals surface area (Å²) >= 11 is 0. The van der Waals surface area contributed by atoms with Crippen molar-refractivity contribution >= 4 is 12.0 Å². The largest absolute Gasteiger partial charge is 0.475 e. The Labute approximate surface area is 117 Å². The Hall–Kier alpha value is -1.98. The van der Waals surface area contributed by atoms with Crippen LogP contribution in [0, 0.1) is 0 Å². The average Bonchev–Trinajstić information content (AvgIpc) is 2.85. The monoisotopic (exact) mass is 280 g/mol. The Kier molecular flexibility index (Phi) is 4.32. The van der Waals surface area contributed by atoms with Crippen molar-refractivity contribution < 1.29 is 19.1 Å². The van der Waals surface area contributed by atoms with Crippen LogP contribution in [0.5, 0.6) is 0 Å². The number of likely N-dealkylation sites (tertiary alicyclic amines) is 1. The summed E-state index contributed by atoms with van der Waals surface area (Å²) in [5.74, 6) is -0.789. The van der Waals surface area contributed by atoms with Gasteiger partial charge in [0.15, 0.2) is 0 Å². The van der Waals surface area contributed by atoms with Crippen molar-refractivity contribution in [3.8, 4) is 0 Å². The van der Waals surface area contributed by atoms with Crippen LogP contribution in [0.15, 0.2) is 16.5 Å². The van der Waals surface area contributed by atoms with E-state index in [1.807, 2.05) is 18.7 Å². The number of nitrogens with zero attached hydrogens (tertiary/aromatic N) is 1. The fourth-order valence-corrected chi connectivity index (χ4v) is 2.66. The van der Waals surface area contributed by atoms with Gasteiger partial charge in [0.05, 0.1) is 6.54 Å². The van der Waals surface area contributed by atoms with E-state index in [1.54, 1.807) is 6.07 Å². The van der Waals surface area contributed by atoms with Gasteiger partial charge in [0, 0.05) is 12.1 Å². The van der Waals surface area contributed by atoms with E-state index in [0.717, 1.165) is 19.3 Å². The van der Waals surface area contributed by atoms with E-state index in [9.17, 15) is 9.59 Å². The summed E-state index contributed by atoms with van der Waals surface area (Å²) in [5, 5.41) is 11.5.